The lowest BCUT2D eigenvalue weighted by Gasteiger charge is -2.21. The molecular formula is C18H18FNO4. The van der Waals surface area contributed by atoms with Crippen LogP contribution < -0.4 is 14.2 Å². The van der Waals surface area contributed by atoms with Gasteiger partial charge < -0.3 is 19.1 Å². The van der Waals surface area contributed by atoms with E-state index in [2.05, 4.69) is 0 Å². The Bertz CT molecular complexity index is 735. The SMILES string of the molecule is CN(Cc1ccc2c(c1)OCCO2)C(=O)COc1cccc(F)c1. The molecule has 0 radical (unpaired) electrons. The minimum atomic E-state index is -0.399. The monoisotopic (exact) mass is 331 g/mol. The maximum atomic E-state index is 13.1. The summed E-state index contributed by atoms with van der Waals surface area (Å²) < 4.78 is 29.4. The van der Waals surface area contributed by atoms with Gasteiger partial charge in [0.1, 0.15) is 24.8 Å². The van der Waals surface area contributed by atoms with Gasteiger partial charge in [-0.25, -0.2) is 4.39 Å². The van der Waals surface area contributed by atoms with Gasteiger partial charge in [-0.05, 0) is 29.8 Å². The number of carbonyl (C=O) groups is 1. The number of rotatable bonds is 5. The molecule has 0 fully saturated rings. The standard InChI is InChI=1S/C18H18FNO4/c1-20(18(21)12-24-15-4-2-3-14(19)10-15)11-13-5-6-16-17(9-13)23-8-7-22-16/h2-6,9-10H,7-8,11-12H2,1H3. The van der Waals surface area contributed by atoms with Crippen molar-refractivity contribution in [1.82, 2.24) is 4.90 Å². The molecule has 1 aliphatic rings. The third-order valence-corrected chi connectivity index (χ3v) is 3.61. The van der Waals surface area contributed by atoms with Crippen molar-refractivity contribution < 1.29 is 23.4 Å². The van der Waals surface area contributed by atoms with Crippen LogP contribution in [0.5, 0.6) is 17.2 Å². The molecule has 0 atom stereocenters. The average molecular weight is 331 g/mol. The molecule has 0 unspecified atom stereocenters. The van der Waals surface area contributed by atoms with Gasteiger partial charge in [0, 0.05) is 19.7 Å². The molecule has 5 nitrogen and oxygen atoms in total. The number of hydrogen-bond acceptors (Lipinski definition) is 4. The first-order valence-corrected chi connectivity index (χ1v) is 7.63. The van der Waals surface area contributed by atoms with E-state index >= 15 is 0 Å². The van der Waals surface area contributed by atoms with Crippen LogP contribution in [-0.4, -0.2) is 37.7 Å². The van der Waals surface area contributed by atoms with Crippen molar-refractivity contribution in [3.8, 4) is 17.2 Å². The van der Waals surface area contributed by atoms with Gasteiger partial charge in [0.05, 0.1) is 0 Å². The molecule has 1 heterocycles. The summed E-state index contributed by atoms with van der Waals surface area (Å²) in [6.45, 7) is 1.33. The van der Waals surface area contributed by atoms with Gasteiger partial charge in [-0.2, -0.15) is 0 Å². The first-order valence-electron chi connectivity index (χ1n) is 7.63. The molecule has 24 heavy (non-hydrogen) atoms. The van der Waals surface area contributed by atoms with Crippen molar-refractivity contribution in [1.29, 1.82) is 0 Å². The van der Waals surface area contributed by atoms with E-state index in [1.165, 1.54) is 18.2 Å². The molecule has 1 amide bonds. The quantitative estimate of drug-likeness (QED) is 0.845. The summed E-state index contributed by atoms with van der Waals surface area (Å²) in [5, 5.41) is 0. The van der Waals surface area contributed by atoms with Crippen LogP contribution in [-0.2, 0) is 11.3 Å². The minimum absolute atomic E-state index is 0.148. The molecule has 0 saturated heterocycles. The number of benzene rings is 2. The van der Waals surface area contributed by atoms with Gasteiger partial charge in [-0.3, -0.25) is 4.79 Å². The van der Waals surface area contributed by atoms with Crippen LogP contribution in [0.3, 0.4) is 0 Å². The summed E-state index contributed by atoms with van der Waals surface area (Å²) in [4.78, 5) is 13.7. The van der Waals surface area contributed by atoms with Gasteiger partial charge in [-0.1, -0.05) is 12.1 Å². The summed E-state index contributed by atoms with van der Waals surface area (Å²) in [7, 11) is 1.69. The highest BCUT2D eigenvalue weighted by Gasteiger charge is 2.15. The molecule has 3 rings (SSSR count). The van der Waals surface area contributed by atoms with Gasteiger partial charge in [0.25, 0.3) is 5.91 Å². The van der Waals surface area contributed by atoms with Crippen LogP contribution in [0.4, 0.5) is 4.39 Å². The summed E-state index contributed by atoms with van der Waals surface area (Å²) in [5.41, 5.74) is 0.931. The van der Waals surface area contributed by atoms with E-state index in [0.717, 1.165) is 5.56 Å². The molecule has 1 aliphatic heterocycles. The van der Waals surface area contributed by atoms with E-state index in [1.54, 1.807) is 18.0 Å². The molecule has 0 saturated carbocycles. The second kappa shape index (κ2) is 7.21. The van der Waals surface area contributed by atoms with Crippen LogP contribution in [0.25, 0.3) is 0 Å². The molecule has 0 spiro atoms. The Morgan fingerprint density at radius 2 is 1.96 bits per heavy atom. The van der Waals surface area contributed by atoms with Gasteiger partial charge in [0.15, 0.2) is 18.1 Å². The zero-order valence-corrected chi connectivity index (χ0v) is 13.3. The topological polar surface area (TPSA) is 48.0 Å². The zero-order valence-electron chi connectivity index (χ0n) is 13.3. The first-order chi connectivity index (χ1) is 11.6. The predicted octanol–water partition coefficient (Wildman–Crippen LogP) is 2.63. The Morgan fingerprint density at radius 3 is 2.75 bits per heavy atom. The number of amides is 1. The smallest absolute Gasteiger partial charge is 0.260 e. The van der Waals surface area contributed by atoms with E-state index in [-0.39, 0.29) is 12.5 Å². The third-order valence-electron chi connectivity index (χ3n) is 3.61. The van der Waals surface area contributed by atoms with Crippen LogP contribution in [0.15, 0.2) is 42.5 Å². The van der Waals surface area contributed by atoms with Crippen LogP contribution in [0.1, 0.15) is 5.56 Å². The summed E-state index contributed by atoms with van der Waals surface area (Å²) in [5.74, 6) is 1.14. The molecule has 126 valence electrons. The van der Waals surface area contributed by atoms with Crippen LogP contribution in [0.2, 0.25) is 0 Å². The summed E-state index contributed by atoms with van der Waals surface area (Å²) in [6.07, 6.45) is 0. The molecular weight excluding hydrogens is 313 g/mol. The minimum Gasteiger partial charge on any atom is -0.486 e. The third kappa shape index (κ3) is 3.95. The number of nitrogens with zero attached hydrogens (tertiary/aromatic N) is 1. The van der Waals surface area contributed by atoms with Crippen LogP contribution >= 0.6 is 0 Å². The van der Waals surface area contributed by atoms with Crippen molar-refractivity contribution in [3.63, 3.8) is 0 Å². The fourth-order valence-corrected chi connectivity index (χ4v) is 2.36. The van der Waals surface area contributed by atoms with Crippen molar-refractivity contribution in [3.05, 3.63) is 53.8 Å². The predicted molar refractivity (Wildman–Crippen MR) is 85.8 cm³/mol. The lowest BCUT2D eigenvalue weighted by Crippen LogP contribution is -2.31. The highest BCUT2D eigenvalue weighted by molar-refractivity contribution is 5.77. The molecule has 0 N–H and O–H groups in total. The lowest BCUT2D eigenvalue weighted by molar-refractivity contribution is -0.132. The first kappa shape index (κ1) is 16.1. The Morgan fingerprint density at radius 1 is 1.17 bits per heavy atom. The van der Waals surface area contributed by atoms with Crippen LogP contribution in [0, 0.1) is 5.82 Å². The van der Waals surface area contributed by atoms with Crippen molar-refractivity contribution in [2.24, 2.45) is 0 Å². The second-order valence-corrected chi connectivity index (χ2v) is 5.47. The number of fused-ring (bicyclic) bond motifs is 1. The van der Waals surface area contributed by atoms with E-state index in [4.69, 9.17) is 14.2 Å². The maximum Gasteiger partial charge on any atom is 0.260 e. The van der Waals surface area contributed by atoms with Gasteiger partial charge in [-0.15, -0.1) is 0 Å². The normalized spacial score (nSPS) is 12.6. The molecule has 2 aromatic carbocycles. The number of likely N-dealkylation sites (N-methyl/N-ethyl adjacent to an activating group) is 1. The number of ether oxygens (including phenoxy) is 3. The van der Waals surface area contributed by atoms with Gasteiger partial charge >= 0.3 is 0 Å². The molecule has 0 aliphatic carbocycles. The highest BCUT2D eigenvalue weighted by Crippen LogP contribution is 2.31. The Balaban J connectivity index is 1.56. The molecule has 0 bridgehead atoms. The molecule has 0 aromatic heterocycles. The van der Waals surface area contributed by atoms with E-state index in [0.29, 0.717) is 37.0 Å². The largest absolute Gasteiger partial charge is 0.486 e. The maximum absolute atomic E-state index is 13.1. The Kier molecular flexibility index (Phi) is 4.84. The molecule has 2 aromatic rings. The number of carbonyl (C=O) groups excluding carboxylic acids is 1. The van der Waals surface area contributed by atoms with Crippen molar-refractivity contribution >= 4 is 5.91 Å². The zero-order chi connectivity index (χ0) is 16.9. The lowest BCUT2D eigenvalue weighted by atomic mass is 10.2. The molecule has 6 heteroatoms. The Hall–Kier alpha value is -2.76. The van der Waals surface area contributed by atoms with E-state index in [1.807, 2.05) is 18.2 Å². The van der Waals surface area contributed by atoms with Crippen molar-refractivity contribution in [2.75, 3.05) is 26.9 Å². The second-order valence-electron chi connectivity index (χ2n) is 5.47. The number of halogens is 1. The number of hydrogen-bond donors (Lipinski definition) is 0. The fraction of sp³-hybridized carbons (Fsp3) is 0.278. The summed E-state index contributed by atoms with van der Waals surface area (Å²) >= 11 is 0. The fourth-order valence-electron chi connectivity index (χ4n) is 2.36. The van der Waals surface area contributed by atoms with E-state index < -0.39 is 5.82 Å². The highest BCUT2D eigenvalue weighted by atomic mass is 19.1. The van der Waals surface area contributed by atoms with Crippen molar-refractivity contribution in [2.45, 2.75) is 6.54 Å². The summed E-state index contributed by atoms with van der Waals surface area (Å²) in [6, 6.07) is 11.3. The Labute approximate surface area is 139 Å². The average Bonchev–Trinajstić information content (AvgIpc) is 2.59. The van der Waals surface area contributed by atoms with E-state index in [9.17, 15) is 9.18 Å². The van der Waals surface area contributed by atoms with Gasteiger partial charge in [0.2, 0.25) is 0 Å².